The Morgan fingerprint density at radius 2 is 2.15 bits per heavy atom. The summed E-state index contributed by atoms with van der Waals surface area (Å²) in [4.78, 5) is 4.48. The molecule has 0 fully saturated rings. The third-order valence-corrected chi connectivity index (χ3v) is 2.21. The maximum Gasteiger partial charge on any atom is 0.0782 e. The Balaban J connectivity index is 2.69. The number of hydrogen-bond acceptors (Lipinski definition) is 1. The maximum atomic E-state index is 4.48. The third kappa shape index (κ3) is 1.47. The average Bonchev–Trinajstić information content (AvgIpc) is 2.31. The molecule has 1 aromatic rings. The number of allylic oxidation sites excluding steroid dienone is 2. The van der Waals surface area contributed by atoms with Crippen molar-refractivity contribution < 1.29 is 0 Å². The largest absolute Gasteiger partial charge is 0.252 e. The number of nitrogens with zero attached hydrogens (tertiary/aromatic N) is 1. The highest BCUT2D eigenvalue weighted by Crippen LogP contribution is 2.16. The quantitative estimate of drug-likeness (QED) is 0.544. The first-order valence-electron chi connectivity index (χ1n) is 4.35. The van der Waals surface area contributed by atoms with Gasteiger partial charge in [0.2, 0.25) is 0 Å². The lowest BCUT2D eigenvalue weighted by molar-refractivity contribution is 1.13. The van der Waals surface area contributed by atoms with Crippen LogP contribution in [-0.2, 0) is 0 Å². The van der Waals surface area contributed by atoms with Crippen molar-refractivity contribution in [2.75, 3.05) is 0 Å². The van der Waals surface area contributed by atoms with E-state index in [4.69, 9.17) is 0 Å². The van der Waals surface area contributed by atoms with E-state index in [0.717, 1.165) is 11.4 Å². The molecule has 0 amide bonds. The van der Waals surface area contributed by atoms with Crippen LogP contribution in [0, 0.1) is 13.8 Å². The predicted molar refractivity (Wildman–Crippen MR) is 55.3 cm³/mol. The highest BCUT2D eigenvalue weighted by atomic mass is 14.7. The van der Waals surface area contributed by atoms with Crippen LogP contribution in [0.3, 0.4) is 0 Å². The summed E-state index contributed by atoms with van der Waals surface area (Å²) >= 11 is 0. The van der Waals surface area contributed by atoms with E-state index in [9.17, 15) is 0 Å². The van der Waals surface area contributed by atoms with Gasteiger partial charge >= 0.3 is 0 Å². The van der Waals surface area contributed by atoms with Gasteiger partial charge in [0.1, 0.15) is 0 Å². The van der Waals surface area contributed by atoms with Gasteiger partial charge in [0, 0.05) is 17.3 Å². The van der Waals surface area contributed by atoms with Gasteiger partial charge in [-0.25, -0.2) is 0 Å². The van der Waals surface area contributed by atoms with Crippen molar-refractivity contribution in [2.24, 2.45) is 0 Å². The lowest BCUT2D eigenvalue weighted by atomic mass is 10.1. The molecular weight excluding hydrogens is 158 g/mol. The van der Waals surface area contributed by atoms with Crippen LogP contribution in [0.1, 0.15) is 22.5 Å². The van der Waals surface area contributed by atoms with E-state index in [0.29, 0.717) is 0 Å². The topological polar surface area (TPSA) is 12.9 Å². The molecule has 1 aliphatic carbocycles. The Kier molecular flexibility index (Phi) is 1.88. The summed E-state index contributed by atoms with van der Waals surface area (Å²) in [6.45, 7) is 4.11. The second-order valence-electron chi connectivity index (χ2n) is 3.20. The molecule has 1 heterocycles. The molecule has 0 aliphatic heterocycles. The van der Waals surface area contributed by atoms with E-state index in [1.165, 1.54) is 11.1 Å². The normalized spacial score (nSPS) is 12.8. The van der Waals surface area contributed by atoms with Gasteiger partial charge in [0.15, 0.2) is 0 Å². The molecule has 64 valence electrons. The molecule has 0 spiro atoms. The van der Waals surface area contributed by atoms with E-state index in [-0.39, 0.29) is 0 Å². The highest BCUT2D eigenvalue weighted by Gasteiger charge is 2.02. The first-order chi connectivity index (χ1) is 6.27. The molecule has 0 atom stereocenters. The summed E-state index contributed by atoms with van der Waals surface area (Å²) in [7, 11) is 0. The zero-order valence-electron chi connectivity index (χ0n) is 7.83. The number of aromatic nitrogens is 1. The molecule has 13 heavy (non-hydrogen) atoms. The van der Waals surface area contributed by atoms with Crippen LogP contribution in [-0.4, -0.2) is 4.98 Å². The fraction of sp³-hybridized carbons (Fsp3) is 0.167. The van der Waals surface area contributed by atoms with E-state index < -0.39 is 0 Å². The zero-order valence-corrected chi connectivity index (χ0v) is 7.83. The molecule has 1 aromatic heterocycles. The first kappa shape index (κ1) is 8.03. The monoisotopic (exact) mass is 169 g/mol. The van der Waals surface area contributed by atoms with Gasteiger partial charge in [0.05, 0.1) is 5.69 Å². The van der Waals surface area contributed by atoms with Crippen LogP contribution in [0.5, 0.6) is 0 Å². The molecule has 1 heteroatoms. The van der Waals surface area contributed by atoms with Crippen molar-refractivity contribution in [3.05, 3.63) is 46.5 Å². The molecule has 0 saturated carbocycles. The number of fused-ring (bicyclic) bond motifs is 1. The number of pyridine rings is 1. The summed E-state index contributed by atoms with van der Waals surface area (Å²) < 4.78 is 0. The molecule has 0 bridgehead atoms. The van der Waals surface area contributed by atoms with E-state index in [1.807, 2.05) is 25.2 Å². The molecule has 1 nitrogen and oxygen atoms in total. The fourth-order valence-corrected chi connectivity index (χ4v) is 1.33. The molecule has 0 saturated heterocycles. The van der Waals surface area contributed by atoms with Crippen molar-refractivity contribution in [2.45, 2.75) is 13.8 Å². The van der Waals surface area contributed by atoms with Gasteiger partial charge in [-0.05, 0) is 31.6 Å². The Bertz CT molecular complexity index is 433. The zero-order chi connectivity index (χ0) is 9.26. The standard InChI is InChI=1S/C12H11N/c1-9-8-11-6-4-3-5-7-12(11)13-10(9)2/h3-4,6-8H,1-2H3. The predicted octanol–water partition coefficient (Wildman–Crippen LogP) is 2.89. The van der Waals surface area contributed by atoms with Gasteiger partial charge < -0.3 is 0 Å². The molecule has 0 aromatic carbocycles. The SMILES string of the molecule is Cc1cc2c(nc1C)C=C=CC=C2. The van der Waals surface area contributed by atoms with Crippen molar-refractivity contribution in [3.63, 3.8) is 0 Å². The lowest BCUT2D eigenvalue weighted by Gasteiger charge is -2.04. The summed E-state index contributed by atoms with van der Waals surface area (Å²) in [5.41, 5.74) is 7.55. The smallest absolute Gasteiger partial charge is 0.0782 e. The van der Waals surface area contributed by atoms with Crippen LogP contribution < -0.4 is 0 Å². The Morgan fingerprint density at radius 1 is 1.31 bits per heavy atom. The fourth-order valence-electron chi connectivity index (χ4n) is 1.33. The van der Waals surface area contributed by atoms with Gasteiger partial charge in [-0.2, -0.15) is 0 Å². The van der Waals surface area contributed by atoms with Gasteiger partial charge in [-0.3, -0.25) is 4.98 Å². The molecule has 2 rings (SSSR count). The summed E-state index contributed by atoms with van der Waals surface area (Å²) in [6.07, 6.45) is 7.86. The molecule has 0 N–H and O–H groups in total. The second-order valence-corrected chi connectivity index (χ2v) is 3.20. The minimum Gasteiger partial charge on any atom is -0.252 e. The number of rotatable bonds is 0. The summed E-state index contributed by atoms with van der Waals surface area (Å²) in [6, 6.07) is 2.16. The first-order valence-corrected chi connectivity index (χ1v) is 4.35. The van der Waals surface area contributed by atoms with Crippen LogP contribution in [0.15, 0.2) is 23.9 Å². The van der Waals surface area contributed by atoms with E-state index in [1.54, 1.807) is 0 Å². The minimum absolute atomic E-state index is 1.01. The maximum absolute atomic E-state index is 4.48. The van der Waals surface area contributed by atoms with Crippen LogP contribution in [0.4, 0.5) is 0 Å². The van der Waals surface area contributed by atoms with Gasteiger partial charge in [-0.15, -0.1) is 5.73 Å². The van der Waals surface area contributed by atoms with Crippen LogP contribution >= 0.6 is 0 Å². The van der Waals surface area contributed by atoms with Crippen LogP contribution in [0.25, 0.3) is 12.2 Å². The molecular formula is C12H11N. The van der Waals surface area contributed by atoms with E-state index >= 15 is 0 Å². The number of hydrogen-bond donors (Lipinski definition) is 0. The summed E-state index contributed by atoms with van der Waals surface area (Å²) in [5, 5.41) is 0. The van der Waals surface area contributed by atoms with Crippen molar-refractivity contribution in [3.8, 4) is 0 Å². The molecule has 0 unspecified atom stereocenters. The third-order valence-electron chi connectivity index (χ3n) is 2.21. The Hall–Kier alpha value is -1.59. The average molecular weight is 169 g/mol. The van der Waals surface area contributed by atoms with Crippen molar-refractivity contribution >= 4 is 12.2 Å². The van der Waals surface area contributed by atoms with Crippen molar-refractivity contribution in [1.82, 2.24) is 4.98 Å². The minimum atomic E-state index is 1.01. The second kappa shape index (κ2) is 3.04. The highest BCUT2D eigenvalue weighted by molar-refractivity contribution is 5.66. The lowest BCUT2D eigenvalue weighted by Crippen LogP contribution is -1.93. The number of aryl methyl sites for hydroxylation is 2. The van der Waals surface area contributed by atoms with E-state index in [2.05, 4.69) is 29.8 Å². The van der Waals surface area contributed by atoms with Crippen molar-refractivity contribution in [1.29, 1.82) is 0 Å². The van der Waals surface area contributed by atoms with Crippen LogP contribution in [0.2, 0.25) is 0 Å². The Labute approximate surface area is 78.1 Å². The van der Waals surface area contributed by atoms with Gasteiger partial charge in [0.25, 0.3) is 0 Å². The Morgan fingerprint density at radius 3 is 3.00 bits per heavy atom. The molecule has 1 aliphatic rings. The summed E-state index contributed by atoms with van der Waals surface area (Å²) in [5.74, 6) is 0. The van der Waals surface area contributed by atoms with Gasteiger partial charge in [-0.1, -0.05) is 12.2 Å². The molecule has 0 radical (unpaired) electrons.